The fourth-order valence-corrected chi connectivity index (χ4v) is 4.47. The zero-order valence-electron chi connectivity index (χ0n) is 11.9. The molecule has 0 amide bonds. The zero-order chi connectivity index (χ0) is 16.0. The van der Waals surface area contributed by atoms with E-state index in [-0.39, 0.29) is 37.1 Å². The molecule has 1 unspecified atom stereocenters. The van der Waals surface area contributed by atoms with Crippen molar-refractivity contribution in [3.05, 3.63) is 33.0 Å². The van der Waals surface area contributed by atoms with E-state index >= 15 is 0 Å². The van der Waals surface area contributed by atoms with Crippen LogP contribution in [-0.2, 0) is 13.6 Å². The van der Waals surface area contributed by atoms with Crippen molar-refractivity contribution in [2.75, 3.05) is 25.0 Å². The van der Waals surface area contributed by atoms with E-state index in [1.54, 1.807) is 6.92 Å². The van der Waals surface area contributed by atoms with Crippen LogP contribution in [0.3, 0.4) is 0 Å². The summed E-state index contributed by atoms with van der Waals surface area (Å²) in [7, 11) is -3.71. The molecule has 9 heteroatoms. The first kappa shape index (κ1) is 18.7. The molecule has 0 radical (unpaired) electrons. The van der Waals surface area contributed by atoms with Crippen LogP contribution in [0, 0.1) is 10.1 Å². The molecule has 1 aliphatic rings. The van der Waals surface area contributed by atoms with Gasteiger partial charge in [-0.25, -0.2) is 0 Å². The number of nitrogens with zero attached hydrogens (tertiary/aromatic N) is 1. The topological polar surface area (TPSA) is 78.7 Å². The van der Waals surface area contributed by atoms with E-state index in [2.05, 4.69) is 0 Å². The first-order valence-electron chi connectivity index (χ1n) is 6.38. The van der Waals surface area contributed by atoms with Gasteiger partial charge >= 0.3 is 7.60 Å². The van der Waals surface area contributed by atoms with Gasteiger partial charge in [-0.1, -0.05) is 5.57 Å². The van der Waals surface area contributed by atoms with Crippen LogP contribution >= 0.6 is 30.8 Å². The average molecular weight is 358 g/mol. The zero-order valence-corrected chi connectivity index (χ0v) is 14.3. The summed E-state index contributed by atoms with van der Waals surface area (Å²) in [6.45, 7) is 3.59. The van der Waals surface area contributed by atoms with Gasteiger partial charge in [-0.15, -0.1) is 23.2 Å². The van der Waals surface area contributed by atoms with Gasteiger partial charge in [0, 0.05) is 17.8 Å². The highest BCUT2D eigenvalue weighted by Gasteiger charge is 2.46. The second-order valence-corrected chi connectivity index (χ2v) is 7.57. The molecule has 1 atom stereocenters. The van der Waals surface area contributed by atoms with Crippen molar-refractivity contribution >= 4 is 30.8 Å². The van der Waals surface area contributed by atoms with Gasteiger partial charge in [0.2, 0.25) is 0 Å². The second-order valence-electron chi connectivity index (χ2n) is 4.59. The molecular weight excluding hydrogens is 340 g/mol. The molecule has 0 fully saturated rings. The first-order valence-corrected chi connectivity index (χ1v) is 9.07. The predicted octanol–water partition coefficient (Wildman–Crippen LogP) is 3.96. The van der Waals surface area contributed by atoms with Crippen LogP contribution in [0.5, 0.6) is 0 Å². The summed E-state index contributed by atoms with van der Waals surface area (Å²) in [5.41, 5.74) is 0.599. The largest absolute Gasteiger partial charge is 0.344 e. The Labute approximate surface area is 133 Å². The van der Waals surface area contributed by atoms with Gasteiger partial charge in [0.1, 0.15) is 0 Å². The molecule has 120 valence electrons. The number of hydrogen-bond acceptors (Lipinski definition) is 5. The van der Waals surface area contributed by atoms with E-state index in [1.165, 1.54) is 6.08 Å². The van der Waals surface area contributed by atoms with Crippen molar-refractivity contribution in [2.45, 2.75) is 25.9 Å². The van der Waals surface area contributed by atoms with Crippen LogP contribution in [0.1, 0.15) is 20.3 Å². The summed E-state index contributed by atoms with van der Waals surface area (Å²) >= 11 is 11.1. The lowest BCUT2D eigenvalue weighted by molar-refractivity contribution is -0.427. The second kappa shape index (κ2) is 8.30. The molecule has 0 aromatic rings. The number of rotatable bonds is 8. The van der Waals surface area contributed by atoms with Gasteiger partial charge in [-0.2, -0.15) is 0 Å². The maximum absolute atomic E-state index is 12.9. The Kier molecular flexibility index (Phi) is 7.37. The molecule has 0 saturated heterocycles. The SMILES string of the molecule is CC1=C(C)CC(P(=O)(OCCCl)OCCCl)C([N+](=O)[O-])=C1. The van der Waals surface area contributed by atoms with Crippen molar-refractivity contribution in [3.63, 3.8) is 0 Å². The molecule has 6 nitrogen and oxygen atoms in total. The summed E-state index contributed by atoms with van der Waals surface area (Å²) in [5.74, 6) is 0.235. The average Bonchev–Trinajstić information content (AvgIpc) is 2.45. The van der Waals surface area contributed by atoms with Crippen LogP contribution in [0.15, 0.2) is 22.9 Å². The Morgan fingerprint density at radius 2 is 1.86 bits per heavy atom. The quantitative estimate of drug-likeness (QED) is 0.284. The third-order valence-corrected chi connectivity index (χ3v) is 5.77. The van der Waals surface area contributed by atoms with Crippen molar-refractivity contribution in [2.24, 2.45) is 0 Å². The molecular formula is C12H18Cl2NO5P. The normalized spacial score (nSPS) is 19.6. The maximum Gasteiger partial charge on any atom is 0.344 e. The highest BCUT2D eigenvalue weighted by Crippen LogP contribution is 2.58. The van der Waals surface area contributed by atoms with Gasteiger partial charge in [-0.3, -0.25) is 14.7 Å². The van der Waals surface area contributed by atoms with E-state index < -0.39 is 18.2 Å². The maximum atomic E-state index is 12.9. The number of halogens is 2. The van der Waals surface area contributed by atoms with E-state index in [4.69, 9.17) is 32.2 Å². The van der Waals surface area contributed by atoms with E-state index in [0.717, 1.165) is 11.1 Å². The lowest BCUT2D eigenvalue weighted by Gasteiger charge is -2.27. The monoisotopic (exact) mass is 357 g/mol. The molecule has 21 heavy (non-hydrogen) atoms. The molecule has 0 aliphatic heterocycles. The van der Waals surface area contributed by atoms with E-state index in [0.29, 0.717) is 0 Å². The van der Waals surface area contributed by atoms with Gasteiger partial charge < -0.3 is 9.05 Å². The van der Waals surface area contributed by atoms with Crippen molar-refractivity contribution in [3.8, 4) is 0 Å². The smallest absolute Gasteiger partial charge is 0.307 e. The number of allylic oxidation sites excluding steroid dienone is 4. The predicted molar refractivity (Wildman–Crippen MR) is 82.8 cm³/mol. The fraction of sp³-hybridized carbons (Fsp3) is 0.667. The minimum absolute atomic E-state index is 0.00957. The Balaban J connectivity index is 3.14. The Morgan fingerprint density at radius 3 is 2.29 bits per heavy atom. The minimum atomic E-state index is -3.71. The number of alkyl halides is 2. The molecule has 0 N–H and O–H groups in total. The Bertz CT molecular complexity index is 494. The summed E-state index contributed by atoms with van der Waals surface area (Å²) in [6.07, 6.45) is 1.67. The van der Waals surface area contributed by atoms with Crippen molar-refractivity contribution < 1.29 is 18.5 Å². The van der Waals surface area contributed by atoms with Crippen LogP contribution in [0.4, 0.5) is 0 Å². The summed E-state index contributed by atoms with van der Waals surface area (Å²) in [4.78, 5) is 10.7. The van der Waals surface area contributed by atoms with E-state index in [1.807, 2.05) is 6.92 Å². The molecule has 1 aliphatic carbocycles. The molecule has 0 aromatic heterocycles. The Morgan fingerprint density at radius 1 is 1.33 bits per heavy atom. The molecule has 0 heterocycles. The summed E-state index contributed by atoms with van der Waals surface area (Å²) in [5, 5.41) is 11.2. The van der Waals surface area contributed by atoms with E-state index in [9.17, 15) is 14.7 Å². The van der Waals surface area contributed by atoms with Gasteiger partial charge in [0.05, 0.1) is 18.1 Å². The summed E-state index contributed by atoms with van der Waals surface area (Å²) < 4.78 is 23.4. The van der Waals surface area contributed by atoms with Gasteiger partial charge in [-0.05, 0) is 25.8 Å². The highest BCUT2D eigenvalue weighted by molar-refractivity contribution is 7.55. The molecule has 0 aromatic carbocycles. The van der Waals surface area contributed by atoms with Gasteiger partial charge in [0.25, 0.3) is 5.70 Å². The molecule has 1 rings (SSSR count). The standard InChI is InChI=1S/C12H18Cl2NO5P/c1-9-7-11(15(16)17)12(8-10(9)2)21(18,19-5-3-13)20-6-4-14/h7,12H,3-6,8H2,1-2H3. The Hall–Kier alpha value is -0.390. The van der Waals surface area contributed by atoms with Crippen LogP contribution in [0.25, 0.3) is 0 Å². The number of hydrogen-bond donors (Lipinski definition) is 0. The van der Waals surface area contributed by atoms with Crippen LogP contribution < -0.4 is 0 Å². The van der Waals surface area contributed by atoms with Crippen molar-refractivity contribution in [1.29, 1.82) is 0 Å². The lowest BCUT2D eigenvalue weighted by Crippen LogP contribution is -2.24. The fourth-order valence-electron chi connectivity index (χ4n) is 1.99. The van der Waals surface area contributed by atoms with Crippen molar-refractivity contribution in [1.82, 2.24) is 0 Å². The summed E-state index contributed by atoms with van der Waals surface area (Å²) in [6, 6.07) is 0. The molecule has 0 saturated carbocycles. The minimum Gasteiger partial charge on any atom is -0.307 e. The number of nitro groups is 1. The molecule has 0 bridgehead atoms. The van der Waals surface area contributed by atoms with Crippen LogP contribution in [-0.4, -0.2) is 35.6 Å². The van der Waals surface area contributed by atoms with Crippen LogP contribution in [0.2, 0.25) is 0 Å². The highest BCUT2D eigenvalue weighted by atomic mass is 35.5. The third-order valence-electron chi connectivity index (χ3n) is 3.17. The van der Waals surface area contributed by atoms with Gasteiger partial charge in [0.15, 0.2) is 5.66 Å². The third kappa shape index (κ3) is 4.80. The lowest BCUT2D eigenvalue weighted by atomic mass is 9.98. The first-order chi connectivity index (χ1) is 9.85. The molecule has 0 spiro atoms.